The van der Waals surface area contributed by atoms with Crippen LogP contribution in [0.25, 0.3) is 0 Å². The van der Waals surface area contributed by atoms with E-state index < -0.39 is 29.4 Å². The van der Waals surface area contributed by atoms with Crippen LogP contribution in [-0.2, 0) is 35.1 Å². The fourth-order valence-corrected chi connectivity index (χ4v) is 8.62. The molecule has 53 heavy (non-hydrogen) atoms. The van der Waals surface area contributed by atoms with E-state index in [0.717, 1.165) is 44.2 Å². The van der Waals surface area contributed by atoms with E-state index >= 15 is 0 Å². The Balaban J connectivity index is 1.51. The normalized spacial score (nSPS) is 19.4. The SMILES string of the molecule is CCOC(=O)[C@@H](C)C[C@H](Cc1ccccc1)NC(=O)c1csc([C@@H](C[C@H](C(C)C)N(C)C(=O)C2(NC(=O)[C@H]3CCCCN3C)CCCC2)OC(C)=O)n1. The first-order valence-corrected chi connectivity index (χ1v) is 20.1. The zero-order valence-electron chi connectivity index (χ0n) is 32.5. The lowest BCUT2D eigenvalue weighted by molar-refractivity contribution is -0.150. The van der Waals surface area contributed by atoms with Gasteiger partial charge >= 0.3 is 11.9 Å². The number of likely N-dealkylation sites (tertiary alicyclic amines) is 1. The maximum absolute atomic E-state index is 14.4. The second-order valence-corrected chi connectivity index (χ2v) is 16.0. The Morgan fingerprint density at radius 2 is 1.74 bits per heavy atom. The number of carbonyl (C=O) groups is 5. The molecule has 13 heteroatoms. The number of piperidine rings is 1. The zero-order valence-corrected chi connectivity index (χ0v) is 33.3. The van der Waals surface area contributed by atoms with Gasteiger partial charge in [0.05, 0.1) is 18.6 Å². The molecule has 12 nitrogen and oxygen atoms in total. The molecule has 1 saturated heterocycles. The highest BCUT2D eigenvalue weighted by Gasteiger charge is 2.47. The summed E-state index contributed by atoms with van der Waals surface area (Å²) in [5.74, 6) is -1.90. The van der Waals surface area contributed by atoms with Crippen molar-refractivity contribution in [2.75, 3.05) is 27.2 Å². The molecule has 0 radical (unpaired) electrons. The molecule has 4 rings (SSSR count). The van der Waals surface area contributed by atoms with Crippen molar-refractivity contribution in [1.82, 2.24) is 25.4 Å². The first-order chi connectivity index (χ1) is 25.2. The molecule has 292 valence electrons. The van der Waals surface area contributed by atoms with Crippen LogP contribution < -0.4 is 10.6 Å². The van der Waals surface area contributed by atoms with Crippen molar-refractivity contribution in [2.45, 2.75) is 129 Å². The van der Waals surface area contributed by atoms with Gasteiger partial charge in [0.1, 0.15) is 16.2 Å². The summed E-state index contributed by atoms with van der Waals surface area (Å²) in [6.07, 6.45) is 6.00. The molecule has 1 saturated carbocycles. The van der Waals surface area contributed by atoms with Crippen molar-refractivity contribution in [3.63, 3.8) is 0 Å². The molecule has 3 amide bonds. The first-order valence-electron chi connectivity index (χ1n) is 19.2. The van der Waals surface area contributed by atoms with Gasteiger partial charge in [0, 0.05) is 37.9 Å². The number of nitrogens with one attached hydrogen (secondary N) is 2. The van der Waals surface area contributed by atoms with Gasteiger partial charge in [0.15, 0.2) is 6.10 Å². The average Bonchev–Trinajstić information content (AvgIpc) is 3.81. The number of ether oxygens (including phenoxy) is 2. The number of nitrogens with zero attached hydrogens (tertiary/aromatic N) is 3. The number of hydrogen-bond acceptors (Lipinski definition) is 10. The number of thiazole rings is 1. The lowest BCUT2D eigenvalue weighted by Crippen LogP contribution is -2.62. The minimum absolute atomic E-state index is 0.0245. The highest BCUT2D eigenvalue weighted by Crippen LogP contribution is 2.36. The number of esters is 2. The molecule has 5 atom stereocenters. The van der Waals surface area contributed by atoms with Crippen LogP contribution in [0.2, 0.25) is 0 Å². The molecule has 2 aromatic rings. The standard InChI is InChI=1S/C40H59N5O7S/c1-8-51-38(49)27(4)22-30(23-29-16-10-9-11-17-29)41-35(47)31-25-53-37(42-31)34(52-28(5)46)24-33(26(2)3)45(7)39(50)40(19-13-14-20-40)43-36(48)32-18-12-15-21-44(32)6/h9-11,16-17,25-27,30,32-34H,8,12-15,18-24H2,1-7H3,(H,41,47)(H,43,48)/t27-,30+,32+,33+,34+/m0/s1. The van der Waals surface area contributed by atoms with E-state index in [1.165, 1.54) is 18.3 Å². The molecule has 0 bridgehead atoms. The third-order valence-electron chi connectivity index (χ3n) is 10.7. The highest BCUT2D eigenvalue weighted by atomic mass is 32.1. The Morgan fingerprint density at radius 1 is 1.04 bits per heavy atom. The molecule has 2 fully saturated rings. The van der Waals surface area contributed by atoms with Gasteiger partial charge in [-0.15, -0.1) is 11.3 Å². The van der Waals surface area contributed by atoms with Gasteiger partial charge < -0.3 is 25.0 Å². The highest BCUT2D eigenvalue weighted by molar-refractivity contribution is 7.09. The second-order valence-electron chi connectivity index (χ2n) is 15.2. The third-order valence-corrected chi connectivity index (χ3v) is 11.6. The summed E-state index contributed by atoms with van der Waals surface area (Å²) in [6.45, 7) is 10.0. The Bertz CT molecular complexity index is 1540. The minimum Gasteiger partial charge on any atom is -0.466 e. The van der Waals surface area contributed by atoms with E-state index in [2.05, 4.69) is 20.5 Å². The van der Waals surface area contributed by atoms with E-state index in [0.29, 0.717) is 30.7 Å². The molecule has 0 spiro atoms. The molecule has 2 aliphatic rings. The Hall–Kier alpha value is -3.84. The lowest BCUT2D eigenvalue weighted by atomic mass is 9.90. The summed E-state index contributed by atoms with van der Waals surface area (Å²) in [7, 11) is 3.73. The predicted molar refractivity (Wildman–Crippen MR) is 204 cm³/mol. The summed E-state index contributed by atoms with van der Waals surface area (Å²) >= 11 is 1.22. The van der Waals surface area contributed by atoms with Gasteiger partial charge in [-0.1, -0.05) is 70.4 Å². The minimum atomic E-state index is -0.984. The maximum Gasteiger partial charge on any atom is 0.308 e. The summed E-state index contributed by atoms with van der Waals surface area (Å²) < 4.78 is 11.0. The molecule has 2 heterocycles. The van der Waals surface area contributed by atoms with Crippen LogP contribution in [0.1, 0.15) is 120 Å². The van der Waals surface area contributed by atoms with E-state index in [1.807, 2.05) is 51.2 Å². The molecule has 1 aliphatic carbocycles. The van der Waals surface area contributed by atoms with Gasteiger partial charge in [-0.2, -0.15) is 0 Å². The van der Waals surface area contributed by atoms with E-state index in [1.54, 1.807) is 31.2 Å². The molecular weight excluding hydrogens is 695 g/mol. The van der Waals surface area contributed by atoms with Crippen LogP contribution in [0.4, 0.5) is 0 Å². The third kappa shape index (κ3) is 11.3. The number of carbonyl (C=O) groups excluding carboxylic acids is 5. The number of amides is 3. The predicted octanol–water partition coefficient (Wildman–Crippen LogP) is 5.46. The Morgan fingerprint density at radius 3 is 2.36 bits per heavy atom. The summed E-state index contributed by atoms with van der Waals surface area (Å²) in [5, 5.41) is 8.37. The van der Waals surface area contributed by atoms with Gasteiger partial charge in [0.25, 0.3) is 5.91 Å². The maximum atomic E-state index is 14.4. The van der Waals surface area contributed by atoms with Crippen molar-refractivity contribution in [1.29, 1.82) is 0 Å². The Kier molecular flexibility index (Phi) is 15.4. The zero-order chi connectivity index (χ0) is 38.7. The molecule has 1 aromatic heterocycles. The molecular formula is C40H59N5O7S. The monoisotopic (exact) mass is 753 g/mol. The van der Waals surface area contributed by atoms with Crippen LogP contribution in [-0.4, -0.2) is 95.4 Å². The second kappa shape index (κ2) is 19.5. The number of rotatable bonds is 17. The van der Waals surface area contributed by atoms with Crippen LogP contribution >= 0.6 is 11.3 Å². The van der Waals surface area contributed by atoms with Crippen molar-refractivity contribution >= 4 is 41.0 Å². The van der Waals surface area contributed by atoms with Crippen molar-refractivity contribution in [3.8, 4) is 0 Å². The summed E-state index contributed by atoms with van der Waals surface area (Å²) in [5.41, 5.74) is 0.207. The summed E-state index contributed by atoms with van der Waals surface area (Å²) in [6, 6.07) is 8.76. The number of benzene rings is 1. The van der Waals surface area contributed by atoms with Crippen molar-refractivity contribution < 1.29 is 33.4 Å². The average molecular weight is 754 g/mol. The van der Waals surface area contributed by atoms with Crippen molar-refractivity contribution in [2.24, 2.45) is 11.8 Å². The van der Waals surface area contributed by atoms with Gasteiger partial charge in [0.2, 0.25) is 11.8 Å². The van der Waals surface area contributed by atoms with E-state index in [-0.39, 0.29) is 60.5 Å². The number of aromatic nitrogens is 1. The van der Waals surface area contributed by atoms with E-state index in [4.69, 9.17) is 9.47 Å². The molecule has 0 unspecified atom stereocenters. The Labute approximate surface area is 318 Å². The molecule has 2 N–H and O–H groups in total. The molecule has 1 aliphatic heterocycles. The van der Waals surface area contributed by atoms with Gasteiger partial charge in [-0.3, -0.25) is 28.9 Å². The smallest absolute Gasteiger partial charge is 0.308 e. The quantitative estimate of drug-likeness (QED) is 0.201. The van der Waals surface area contributed by atoms with Gasteiger partial charge in [-0.05, 0) is 70.5 Å². The largest absolute Gasteiger partial charge is 0.466 e. The summed E-state index contributed by atoms with van der Waals surface area (Å²) in [4.78, 5) is 74.9. The number of likely N-dealkylation sites (N-methyl/N-ethyl adjacent to an activating group) is 2. The fourth-order valence-electron chi connectivity index (χ4n) is 7.78. The molecule has 1 aromatic carbocycles. The van der Waals surface area contributed by atoms with Crippen LogP contribution in [0.5, 0.6) is 0 Å². The van der Waals surface area contributed by atoms with Gasteiger partial charge in [-0.25, -0.2) is 4.98 Å². The van der Waals surface area contributed by atoms with Crippen LogP contribution in [0.15, 0.2) is 35.7 Å². The van der Waals surface area contributed by atoms with Crippen LogP contribution in [0, 0.1) is 11.8 Å². The first kappa shape index (κ1) is 41.9. The van der Waals surface area contributed by atoms with E-state index in [9.17, 15) is 24.0 Å². The number of hydrogen-bond donors (Lipinski definition) is 2. The van der Waals surface area contributed by atoms with Crippen LogP contribution in [0.3, 0.4) is 0 Å². The topological polar surface area (TPSA) is 147 Å². The van der Waals surface area contributed by atoms with Crippen molar-refractivity contribution in [3.05, 3.63) is 52.0 Å². The lowest BCUT2D eigenvalue weighted by Gasteiger charge is -2.41. The fraction of sp³-hybridized carbons (Fsp3) is 0.650.